The minimum atomic E-state index is -1.63. The van der Waals surface area contributed by atoms with Crippen molar-refractivity contribution >= 4 is 11.9 Å². The van der Waals surface area contributed by atoms with Crippen LogP contribution in [0.1, 0.15) is 297 Å². The Labute approximate surface area is 532 Å². The topological polar surface area (TPSA) is 175 Å². The number of amides is 1. The Kier molecular flexibility index (Phi) is 58.4. The van der Waals surface area contributed by atoms with Gasteiger partial charge in [0, 0.05) is 6.42 Å². The molecule has 1 saturated heterocycles. The number of allylic oxidation sites excluding steroid dienone is 17. The maximum absolute atomic E-state index is 13.5. The number of ether oxygens (including phenoxy) is 3. The standard InChI is InChI=1S/C76H131NO10/c1-4-7-10-13-16-19-22-24-26-28-30-32-33-34-35-36-38-39-41-43-45-48-51-54-57-60-63-69(80)75(84)77-67(68(79)62-59-56-53-50-47-21-18-15-12-9-6-3)66-85-76-74(73(83)72(82)70(65-78)86-76)87-71(81)64-61-58-55-52-49-46-44-42-40-37-31-29-27-25-23-20-17-14-11-8-5-2/h8,11,16-17,19-20,24-27,30-32,37,42,44,59,62,67-70,72-74,76,78-80,82-83H,4-7,9-10,12-15,18,21-23,28-29,33-36,38-41,43,45-58,60-61,63-66H2,1-3H3,(H,77,84)/b11-8-,19-16-,20-17-,26-24-,27-25-,32-30-,37-31-,44-42-,62-59+. The summed E-state index contributed by atoms with van der Waals surface area (Å²) in [4.78, 5) is 26.7. The maximum Gasteiger partial charge on any atom is 0.306 e. The minimum Gasteiger partial charge on any atom is -0.454 e. The number of esters is 1. The number of unbranched alkanes of at least 4 members (excludes halogenated alkanes) is 30. The molecule has 0 spiro atoms. The monoisotopic (exact) mass is 1220 g/mol. The normalized spacial score (nSPS) is 18.9. The van der Waals surface area contributed by atoms with Crippen LogP contribution in [0.25, 0.3) is 0 Å². The van der Waals surface area contributed by atoms with Gasteiger partial charge < -0.3 is 45.1 Å². The molecule has 500 valence electrons. The molecule has 1 rings (SSSR count). The molecule has 1 heterocycles. The second-order valence-corrected chi connectivity index (χ2v) is 24.2. The summed E-state index contributed by atoms with van der Waals surface area (Å²) in [6.45, 7) is 5.65. The minimum absolute atomic E-state index is 0.0968. The average Bonchev–Trinajstić information content (AvgIpc) is 3.60. The summed E-state index contributed by atoms with van der Waals surface area (Å²) < 4.78 is 17.7. The molecule has 11 heteroatoms. The lowest BCUT2D eigenvalue weighted by molar-refractivity contribution is -0.305. The van der Waals surface area contributed by atoms with E-state index in [9.17, 15) is 35.1 Å². The zero-order valence-electron chi connectivity index (χ0n) is 55.6. The van der Waals surface area contributed by atoms with Gasteiger partial charge in [0.25, 0.3) is 0 Å². The zero-order valence-corrected chi connectivity index (χ0v) is 55.6. The number of aliphatic hydroxyl groups excluding tert-OH is 5. The fraction of sp³-hybridized carbons (Fsp3) is 0.737. The Morgan fingerprint density at radius 1 is 0.460 bits per heavy atom. The molecule has 0 aromatic heterocycles. The second kappa shape index (κ2) is 62.5. The van der Waals surface area contributed by atoms with E-state index >= 15 is 0 Å². The molecular weight excluding hydrogens is 1090 g/mol. The van der Waals surface area contributed by atoms with E-state index in [2.05, 4.69) is 123 Å². The van der Waals surface area contributed by atoms with Crippen LogP contribution in [-0.4, -0.2) is 99.6 Å². The lowest BCUT2D eigenvalue weighted by Gasteiger charge is -2.41. The van der Waals surface area contributed by atoms with E-state index in [4.69, 9.17) is 14.2 Å². The van der Waals surface area contributed by atoms with Crippen LogP contribution in [0.15, 0.2) is 109 Å². The molecule has 6 N–H and O–H groups in total. The number of hydrogen-bond donors (Lipinski definition) is 6. The number of rotatable bonds is 60. The summed E-state index contributed by atoms with van der Waals surface area (Å²) in [5.41, 5.74) is 0. The van der Waals surface area contributed by atoms with Crippen LogP contribution in [0.2, 0.25) is 0 Å². The molecule has 1 aliphatic heterocycles. The van der Waals surface area contributed by atoms with E-state index in [-0.39, 0.29) is 19.4 Å². The van der Waals surface area contributed by atoms with Crippen molar-refractivity contribution in [3.63, 3.8) is 0 Å². The summed E-state index contributed by atoms with van der Waals surface area (Å²) in [5.74, 6) is -1.22. The van der Waals surface area contributed by atoms with Gasteiger partial charge in [-0.2, -0.15) is 0 Å². The van der Waals surface area contributed by atoms with Gasteiger partial charge in [-0.3, -0.25) is 9.59 Å². The van der Waals surface area contributed by atoms with E-state index in [1.54, 1.807) is 6.08 Å². The van der Waals surface area contributed by atoms with Crippen molar-refractivity contribution in [2.24, 2.45) is 0 Å². The smallest absolute Gasteiger partial charge is 0.306 e. The molecule has 8 atom stereocenters. The Balaban J connectivity index is 2.56. The summed E-state index contributed by atoms with van der Waals surface area (Å²) in [6.07, 6.45) is 75.6. The molecule has 1 fully saturated rings. The van der Waals surface area contributed by atoms with Crippen molar-refractivity contribution in [1.29, 1.82) is 0 Å². The van der Waals surface area contributed by atoms with Gasteiger partial charge >= 0.3 is 5.97 Å². The van der Waals surface area contributed by atoms with Crippen LogP contribution in [0.3, 0.4) is 0 Å². The summed E-state index contributed by atoms with van der Waals surface area (Å²) in [5, 5.41) is 57.2. The van der Waals surface area contributed by atoms with Gasteiger partial charge in [-0.1, -0.05) is 291 Å². The first-order valence-corrected chi connectivity index (χ1v) is 35.7. The lowest BCUT2D eigenvalue weighted by atomic mass is 9.99. The SMILES string of the molecule is CC/C=C\C/C=C\C/C=C\C/C=C\C/C=C\CCCCCCCC(=O)OC1C(OCC(NC(=O)C(O)CCCCCCCCCCCCCCC/C=C\C/C=C\C/C=C\CCCCC)C(O)/C=C/CCCCCCCCCCC)OC(CO)C(O)C1O. The number of hydrogen-bond acceptors (Lipinski definition) is 10. The van der Waals surface area contributed by atoms with Gasteiger partial charge in [-0.15, -0.1) is 0 Å². The van der Waals surface area contributed by atoms with Gasteiger partial charge in [0.15, 0.2) is 12.4 Å². The lowest BCUT2D eigenvalue weighted by Crippen LogP contribution is -2.61. The van der Waals surface area contributed by atoms with Crippen molar-refractivity contribution in [2.45, 2.75) is 346 Å². The molecule has 0 bridgehead atoms. The molecule has 1 amide bonds. The maximum atomic E-state index is 13.5. The van der Waals surface area contributed by atoms with Gasteiger partial charge in [0.1, 0.15) is 24.4 Å². The molecule has 0 aromatic rings. The van der Waals surface area contributed by atoms with E-state index in [0.29, 0.717) is 12.8 Å². The van der Waals surface area contributed by atoms with Crippen LogP contribution in [0.4, 0.5) is 0 Å². The first-order valence-electron chi connectivity index (χ1n) is 35.7. The van der Waals surface area contributed by atoms with E-state index in [1.807, 2.05) is 6.08 Å². The fourth-order valence-corrected chi connectivity index (χ4v) is 10.6. The van der Waals surface area contributed by atoms with Crippen LogP contribution >= 0.6 is 0 Å². The quantitative estimate of drug-likeness (QED) is 0.0195. The highest BCUT2D eigenvalue weighted by molar-refractivity contribution is 5.80. The molecule has 0 aliphatic carbocycles. The largest absolute Gasteiger partial charge is 0.454 e. The molecule has 87 heavy (non-hydrogen) atoms. The van der Waals surface area contributed by atoms with Crippen molar-refractivity contribution in [1.82, 2.24) is 5.32 Å². The van der Waals surface area contributed by atoms with Crippen LogP contribution < -0.4 is 5.32 Å². The Bertz CT molecular complexity index is 1830. The molecule has 0 radical (unpaired) electrons. The predicted molar refractivity (Wildman–Crippen MR) is 365 cm³/mol. The van der Waals surface area contributed by atoms with Crippen molar-refractivity contribution < 1.29 is 49.3 Å². The third-order valence-corrected chi connectivity index (χ3v) is 16.2. The van der Waals surface area contributed by atoms with Crippen LogP contribution in [0, 0.1) is 0 Å². The third-order valence-electron chi connectivity index (χ3n) is 16.2. The molecule has 0 saturated carbocycles. The van der Waals surface area contributed by atoms with Crippen molar-refractivity contribution in [3.05, 3.63) is 109 Å². The predicted octanol–water partition coefficient (Wildman–Crippen LogP) is 18.4. The number of aliphatic hydroxyl groups is 5. The second-order valence-electron chi connectivity index (χ2n) is 24.2. The van der Waals surface area contributed by atoms with Crippen LogP contribution in [0.5, 0.6) is 0 Å². The number of carbonyl (C=O) groups excluding carboxylic acids is 2. The van der Waals surface area contributed by atoms with Gasteiger partial charge in [0.2, 0.25) is 5.91 Å². The number of nitrogens with one attached hydrogen (secondary N) is 1. The van der Waals surface area contributed by atoms with E-state index in [0.717, 1.165) is 116 Å². The Morgan fingerprint density at radius 3 is 1.26 bits per heavy atom. The summed E-state index contributed by atoms with van der Waals surface area (Å²) in [7, 11) is 0. The average molecular weight is 1220 g/mol. The number of carbonyl (C=O) groups is 2. The van der Waals surface area contributed by atoms with Crippen LogP contribution in [-0.2, 0) is 23.8 Å². The van der Waals surface area contributed by atoms with Crippen molar-refractivity contribution in [3.8, 4) is 0 Å². The van der Waals surface area contributed by atoms with Gasteiger partial charge in [-0.25, -0.2) is 0 Å². The third kappa shape index (κ3) is 49.7. The molecule has 1 aliphatic rings. The highest BCUT2D eigenvalue weighted by Gasteiger charge is 2.47. The molecular formula is C76H131NO10. The van der Waals surface area contributed by atoms with Crippen molar-refractivity contribution in [2.75, 3.05) is 13.2 Å². The van der Waals surface area contributed by atoms with Gasteiger partial charge in [0.05, 0.1) is 25.4 Å². The first-order chi connectivity index (χ1) is 42.7. The highest BCUT2D eigenvalue weighted by atomic mass is 16.7. The van der Waals surface area contributed by atoms with E-state index < -0.39 is 67.4 Å². The Hall–Kier alpha value is -3.68. The highest BCUT2D eigenvalue weighted by Crippen LogP contribution is 2.26. The first kappa shape index (κ1) is 81.3. The molecule has 0 aromatic carbocycles. The molecule has 8 unspecified atom stereocenters. The zero-order chi connectivity index (χ0) is 63.1. The fourth-order valence-electron chi connectivity index (χ4n) is 10.6. The summed E-state index contributed by atoms with van der Waals surface area (Å²) in [6, 6.07) is -1.04. The van der Waals surface area contributed by atoms with Gasteiger partial charge in [-0.05, 0) is 109 Å². The Morgan fingerprint density at radius 2 is 0.828 bits per heavy atom. The summed E-state index contributed by atoms with van der Waals surface area (Å²) >= 11 is 0. The molecule has 11 nitrogen and oxygen atoms in total. The van der Waals surface area contributed by atoms with E-state index in [1.165, 1.54) is 135 Å².